The standard InChI is InChI=1S/C25H28ClNO2.C15H14BrClO2.C12H9BrO2.C10H15N.C3H6BrCl.CH2O3.2K.H/c1-25(2,3)19-5-7-20(8-6-19)27-21-9-11-23(12-10-21)29-24-15-13-22(14-16-24)28-18-4-17-26;16-12-2-4-14(5-3-12)19-15-8-6-13(7-9-15)18-11-1-10-17;13-9-1-5-11(6-2-9)15-12-7-3-10(14)4-8-12;1-10(2,3)8-4-6-9(11)7-5-8;4-2-1-3-5;2-1-4-3;;;/h5-16,27H,4,17-18H2,1-3H3;2-9H,1,10-11H2;1-8,14H;4-7H,11H2,1-3H3;1-3H2;1,3H;;;/q;;;;;;2*+1;-1/p-1. The van der Waals surface area contributed by atoms with E-state index in [0.29, 0.717) is 30.7 Å². The van der Waals surface area contributed by atoms with Crippen LogP contribution in [0.5, 0.6) is 51.7 Å². The summed E-state index contributed by atoms with van der Waals surface area (Å²) in [5.41, 5.74) is 11.5. The summed E-state index contributed by atoms with van der Waals surface area (Å²) in [5, 5.41) is 22.0. The molecule has 446 valence electrons. The van der Waals surface area contributed by atoms with E-state index in [1.165, 1.54) is 11.1 Å². The van der Waals surface area contributed by atoms with Crippen molar-refractivity contribution in [1.29, 1.82) is 0 Å². The first kappa shape index (κ1) is 80.2. The summed E-state index contributed by atoms with van der Waals surface area (Å²) in [6, 6.07) is 61.6. The zero-order chi connectivity index (χ0) is 60.9. The number of nitrogens with two attached hydrogens (primary N) is 1. The van der Waals surface area contributed by atoms with E-state index < -0.39 is 0 Å². The Morgan fingerprint density at radius 1 is 0.482 bits per heavy atom. The van der Waals surface area contributed by atoms with E-state index in [4.69, 9.17) is 79.4 Å². The molecule has 8 rings (SSSR count). The maximum atomic E-state index is 9.10. The number of phenolic OH excluding ortho intramolecular Hbond substituents is 1. The Hall–Kier alpha value is -2.83. The third-order valence-corrected chi connectivity index (χ3v) is 13.3. The second-order valence-electron chi connectivity index (χ2n) is 19.7. The monoisotopic (exact) mass is 1460 g/mol. The minimum Gasteiger partial charge on any atom is -1.00 e. The van der Waals surface area contributed by atoms with E-state index in [2.05, 4.69) is 136 Å². The first-order valence-corrected chi connectivity index (χ1v) is 30.7. The molecule has 0 amide bonds. The number of carbonyl (C=O) groups is 1. The van der Waals surface area contributed by atoms with Gasteiger partial charge in [0, 0.05) is 49.0 Å². The molecule has 0 atom stereocenters. The van der Waals surface area contributed by atoms with Gasteiger partial charge in [0.05, 0.1) is 13.2 Å². The fraction of sp³-hybridized carbons (Fsp3) is 0.258. The number of nitrogens with one attached hydrogen (secondary N) is 1. The van der Waals surface area contributed by atoms with Crippen molar-refractivity contribution in [3.05, 3.63) is 214 Å². The van der Waals surface area contributed by atoms with E-state index in [1.54, 1.807) is 24.3 Å². The Morgan fingerprint density at radius 2 is 0.753 bits per heavy atom. The molecule has 8 aromatic rings. The molecule has 11 nitrogen and oxygen atoms in total. The summed E-state index contributed by atoms with van der Waals surface area (Å²) in [6.45, 7) is 14.3. The van der Waals surface area contributed by atoms with Crippen LogP contribution in [-0.4, -0.2) is 47.8 Å². The number of anilines is 3. The molecular weight excluding hydrogens is 1390 g/mol. The van der Waals surface area contributed by atoms with Crippen molar-refractivity contribution in [2.24, 2.45) is 0 Å². The van der Waals surface area contributed by atoms with Crippen molar-refractivity contribution < 1.29 is 148 Å². The zero-order valence-corrected chi connectivity index (χ0v) is 62.7. The van der Waals surface area contributed by atoms with Crippen molar-refractivity contribution in [1.82, 2.24) is 0 Å². The van der Waals surface area contributed by atoms with E-state index in [0.717, 1.165) is 96.7 Å². The third kappa shape index (κ3) is 36.4. The van der Waals surface area contributed by atoms with Gasteiger partial charge in [0.15, 0.2) is 0 Å². The molecule has 0 radical (unpaired) electrons. The largest absolute Gasteiger partial charge is 1.00 e. The molecule has 0 aliphatic carbocycles. The number of hydrogen-bond acceptors (Lipinski definition) is 11. The summed E-state index contributed by atoms with van der Waals surface area (Å²) < 4.78 is 30.4. The molecule has 0 aliphatic rings. The molecule has 0 unspecified atom stereocenters. The van der Waals surface area contributed by atoms with Crippen molar-refractivity contribution >= 4 is 106 Å². The van der Waals surface area contributed by atoms with E-state index >= 15 is 0 Å². The number of carbonyl (C=O) groups excluding carboxylic acids is 1. The van der Waals surface area contributed by atoms with Gasteiger partial charge in [0.25, 0.3) is 6.47 Å². The first-order valence-electron chi connectivity index (χ1n) is 26.4. The average molecular weight is 1460 g/mol. The van der Waals surface area contributed by atoms with Crippen LogP contribution in [0.4, 0.5) is 17.1 Å². The van der Waals surface area contributed by atoms with Gasteiger partial charge in [0.2, 0.25) is 0 Å². The quantitative estimate of drug-likeness (QED) is 0.0135. The van der Waals surface area contributed by atoms with Crippen LogP contribution in [0, 0.1) is 0 Å². The molecule has 0 fully saturated rings. The van der Waals surface area contributed by atoms with Crippen LogP contribution >= 0.6 is 82.6 Å². The molecule has 0 aromatic heterocycles. The van der Waals surface area contributed by atoms with Crippen LogP contribution in [-0.2, 0) is 20.5 Å². The number of hydrogen-bond donors (Lipinski definition) is 3. The van der Waals surface area contributed by atoms with Gasteiger partial charge < -0.3 is 51.4 Å². The number of aromatic hydroxyl groups is 1. The molecule has 4 N–H and O–H groups in total. The molecular formula is C66H74Br3Cl3K2N2O9. The van der Waals surface area contributed by atoms with Crippen molar-refractivity contribution in [3.63, 3.8) is 0 Å². The van der Waals surface area contributed by atoms with Gasteiger partial charge in [-0.25, -0.2) is 0 Å². The van der Waals surface area contributed by atoms with E-state index in [-0.39, 0.29) is 127 Å². The van der Waals surface area contributed by atoms with Crippen LogP contribution in [0.1, 0.15) is 73.4 Å². The van der Waals surface area contributed by atoms with Gasteiger partial charge in [-0.2, -0.15) is 0 Å². The predicted molar refractivity (Wildman–Crippen MR) is 353 cm³/mol. The minimum absolute atomic E-state index is 0. The number of phenols is 1. The zero-order valence-electron chi connectivity index (χ0n) is 50.5. The number of benzene rings is 8. The van der Waals surface area contributed by atoms with Gasteiger partial charge >= 0.3 is 103 Å². The second kappa shape index (κ2) is 46.3. The smallest absolute Gasteiger partial charge is 1.00 e. The van der Waals surface area contributed by atoms with Gasteiger partial charge in [-0.15, -0.1) is 34.8 Å². The van der Waals surface area contributed by atoms with Gasteiger partial charge in [0.1, 0.15) is 51.7 Å². The fourth-order valence-corrected chi connectivity index (χ4v) is 7.97. The molecule has 0 aliphatic heterocycles. The summed E-state index contributed by atoms with van der Waals surface area (Å²) in [6.07, 6.45) is 2.75. The van der Waals surface area contributed by atoms with Gasteiger partial charge in [-0.3, -0.25) is 4.79 Å². The maximum Gasteiger partial charge on any atom is 1.00 e. The summed E-state index contributed by atoms with van der Waals surface area (Å²) in [5.74, 6) is 8.49. The number of alkyl halides is 4. The Kier molecular flexibility index (Phi) is 43.7. The Labute approximate surface area is 630 Å². The summed E-state index contributed by atoms with van der Waals surface area (Å²) in [7, 11) is 0. The maximum absolute atomic E-state index is 9.10. The summed E-state index contributed by atoms with van der Waals surface area (Å²) in [4.78, 5) is 11.2. The molecule has 0 spiro atoms. The number of nitrogen functional groups attached to an aromatic ring is 1. The van der Waals surface area contributed by atoms with E-state index in [1.807, 2.05) is 133 Å². The van der Waals surface area contributed by atoms with Crippen molar-refractivity contribution in [2.45, 2.75) is 71.6 Å². The van der Waals surface area contributed by atoms with Crippen LogP contribution in [0.2, 0.25) is 0 Å². The van der Waals surface area contributed by atoms with Gasteiger partial charge in [-0.05, 0) is 211 Å². The van der Waals surface area contributed by atoms with Crippen LogP contribution in [0.3, 0.4) is 0 Å². The number of halogens is 6. The Morgan fingerprint density at radius 3 is 1.04 bits per heavy atom. The molecule has 0 saturated carbocycles. The number of rotatable bonds is 19. The number of ether oxygens (including phenoxy) is 5. The molecule has 19 heteroatoms. The van der Waals surface area contributed by atoms with Crippen LogP contribution in [0.25, 0.3) is 0 Å². The third-order valence-electron chi connectivity index (χ3n) is 10.9. The Bertz CT molecular complexity index is 2930. The van der Waals surface area contributed by atoms with E-state index in [9.17, 15) is 0 Å². The normalized spacial score (nSPS) is 10.1. The second-order valence-corrected chi connectivity index (χ2v) is 23.5. The fourth-order valence-electron chi connectivity index (χ4n) is 6.48. The summed E-state index contributed by atoms with van der Waals surface area (Å²) >= 11 is 26.5. The van der Waals surface area contributed by atoms with Crippen molar-refractivity contribution in [3.8, 4) is 51.7 Å². The molecule has 0 heterocycles. The van der Waals surface area contributed by atoms with Crippen LogP contribution in [0.15, 0.2) is 203 Å². The SMILES string of the molecule is CC(C)(C)c1ccc(N)cc1.CC(C)(C)c1ccc(Nc2ccc(Oc3ccc(OCCCCl)cc3)cc2)cc1.ClCCCBr.ClCCCOc1ccc(Oc2ccc(Br)cc2)cc1.O=CO[O-].Oc1ccc(Oc2ccc(Br)cc2)cc1.[H-].[K+].[K+]. The predicted octanol–water partition coefficient (Wildman–Crippen LogP) is 13.9. The Balaban J connectivity index is 0.00000111. The molecule has 8 aromatic carbocycles. The molecule has 0 saturated heterocycles. The first-order chi connectivity index (χ1) is 39.8. The topological polar surface area (TPSA) is 154 Å². The minimum atomic E-state index is -0.181. The average Bonchev–Trinajstić information content (AvgIpc) is 3.65. The van der Waals surface area contributed by atoms with Crippen LogP contribution < -0.4 is 143 Å². The van der Waals surface area contributed by atoms with Gasteiger partial charge in [-0.1, -0.05) is 114 Å². The molecule has 0 bridgehead atoms. The molecule has 85 heavy (non-hydrogen) atoms. The van der Waals surface area contributed by atoms with Crippen molar-refractivity contribution in [2.75, 3.05) is 47.2 Å².